The van der Waals surface area contributed by atoms with Crippen molar-refractivity contribution < 1.29 is 22.8 Å². The summed E-state index contributed by atoms with van der Waals surface area (Å²) in [6, 6.07) is 12.4. The lowest BCUT2D eigenvalue weighted by molar-refractivity contribution is -0.137. The minimum Gasteiger partial charge on any atom is -0.355 e. The SMILES string of the molecule is CCNC(=O)C(C)NC(=O)c1nc(-c2ccccc2)n(-c2cccc(C(F)(F)F)c2)n1. The van der Waals surface area contributed by atoms with Crippen molar-refractivity contribution in [1.29, 1.82) is 0 Å². The summed E-state index contributed by atoms with van der Waals surface area (Å²) in [5, 5.41) is 9.21. The number of carbonyl (C=O) groups excluding carboxylic acids is 2. The molecule has 0 aliphatic rings. The van der Waals surface area contributed by atoms with E-state index < -0.39 is 23.7 Å². The van der Waals surface area contributed by atoms with Crippen LogP contribution in [-0.2, 0) is 11.0 Å². The summed E-state index contributed by atoms with van der Waals surface area (Å²) in [6.45, 7) is 3.65. The number of aromatic nitrogens is 3. The highest BCUT2D eigenvalue weighted by Gasteiger charge is 2.31. The molecular formula is C21H20F3N5O2. The first-order chi connectivity index (χ1) is 14.7. The molecular weight excluding hydrogens is 411 g/mol. The summed E-state index contributed by atoms with van der Waals surface area (Å²) in [7, 11) is 0. The Hall–Kier alpha value is -3.69. The minimum absolute atomic E-state index is 0.0944. The van der Waals surface area contributed by atoms with Crippen molar-refractivity contribution in [2.45, 2.75) is 26.1 Å². The average Bonchev–Trinajstić information content (AvgIpc) is 3.20. The fraction of sp³-hybridized carbons (Fsp3) is 0.238. The quantitative estimate of drug-likeness (QED) is 0.627. The van der Waals surface area contributed by atoms with E-state index in [4.69, 9.17) is 0 Å². The van der Waals surface area contributed by atoms with Crippen LogP contribution in [0.4, 0.5) is 13.2 Å². The number of benzene rings is 2. The van der Waals surface area contributed by atoms with E-state index in [1.54, 1.807) is 37.3 Å². The molecule has 0 aliphatic carbocycles. The number of halogens is 3. The van der Waals surface area contributed by atoms with Crippen LogP contribution in [-0.4, -0.2) is 39.2 Å². The highest BCUT2D eigenvalue weighted by atomic mass is 19.4. The van der Waals surface area contributed by atoms with Crippen LogP contribution >= 0.6 is 0 Å². The Morgan fingerprint density at radius 1 is 1.10 bits per heavy atom. The van der Waals surface area contributed by atoms with E-state index in [1.165, 1.54) is 23.7 Å². The molecule has 1 aromatic heterocycles. The topological polar surface area (TPSA) is 88.9 Å². The van der Waals surface area contributed by atoms with Crippen LogP contribution in [0.2, 0.25) is 0 Å². The van der Waals surface area contributed by atoms with Gasteiger partial charge in [0.15, 0.2) is 5.82 Å². The zero-order chi connectivity index (χ0) is 22.6. The van der Waals surface area contributed by atoms with Crippen LogP contribution in [0.25, 0.3) is 17.1 Å². The maximum Gasteiger partial charge on any atom is 0.416 e. The third-order valence-corrected chi connectivity index (χ3v) is 4.35. The molecule has 2 amide bonds. The highest BCUT2D eigenvalue weighted by molar-refractivity contribution is 5.95. The highest BCUT2D eigenvalue weighted by Crippen LogP contribution is 2.31. The van der Waals surface area contributed by atoms with E-state index in [9.17, 15) is 22.8 Å². The van der Waals surface area contributed by atoms with Crippen LogP contribution in [0.1, 0.15) is 30.0 Å². The van der Waals surface area contributed by atoms with E-state index in [0.717, 1.165) is 12.1 Å². The van der Waals surface area contributed by atoms with Gasteiger partial charge >= 0.3 is 6.18 Å². The fourth-order valence-electron chi connectivity index (χ4n) is 2.83. The summed E-state index contributed by atoms with van der Waals surface area (Å²) in [5.41, 5.74) is -0.199. The second-order valence-corrected chi connectivity index (χ2v) is 6.67. The number of rotatable bonds is 6. The van der Waals surface area contributed by atoms with E-state index in [-0.39, 0.29) is 23.2 Å². The molecule has 1 atom stereocenters. The van der Waals surface area contributed by atoms with Crippen molar-refractivity contribution in [3.63, 3.8) is 0 Å². The Morgan fingerprint density at radius 3 is 2.45 bits per heavy atom. The third kappa shape index (κ3) is 5.08. The van der Waals surface area contributed by atoms with Gasteiger partial charge in [-0.3, -0.25) is 9.59 Å². The lowest BCUT2D eigenvalue weighted by atomic mass is 10.2. The maximum absolute atomic E-state index is 13.2. The lowest BCUT2D eigenvalue weighted by Crippen LogP contribution is -2.45. The molecule has 7 nitrogen and oxygen atoms in total. The van der Waals surface area contributed by atoms with Crippen LogP contribution in [0.3, 0.4) is 0 Å². The summed E-state index contributed by atoms with van der Waals surface area (Å²) in [4.78, 5) is 28.7. The lowest BCUT2D eigenvalue weighted by Gasteiger charge is -2.11. The van der Waals surface area contributed by atoms with E-state index in [2.05, 4.69) is 20.7 Å². The number of hydrogen-bond donors (Lipinski definition) is 2. The van der Waals surface area contributed by atoms with Crippen molar-refractivity contribution in [3.05, 3.63) is 66.0 Å². The smallest absolute Gasteiger partial charge is 0.355 e. The van der Waals surface area contributed by atoms with Gasteiger partial charge in [0.25, 0.3) is 5.91 Å². The second kappa shape index (κ2) is 8.99. The fourth-order valence-corrected chi connectivity index (χ4v) is 2.83. The Morgan fingerprint density at radius 2 is 1.81 bits per heavy atom. The number of carbonyl (C=O) groups is 2. The molecule has 2 aromatic carbocycles. The molecule has 0 radical (unpaired) electrons. The predicted octanol–water partition coefficient (Wildman–Crippen LogP) is 3.21. The van der Waals surface area contributed by atoms with Gasteiger partial charge in [0.2, 0.25) is 11.7 Å². The average molecular weight is 431 g/mol. The van der Waals surface area contributed by atoms with Crippen LogP contribution in [0.5, 0.6) is 0 Å². The van der Waals surface area contributed by atoms with Gasteiger partial charge in [-0.1, -0.05) is 36.4 Å². The second-order valence-electron chi connectivity index (χ2n) is 6.67. The molecule has 1 heterocycles. The van der Waals surface area contributed by atoms with Crippen LogP contribution < -0.4 is 10.6 Å². The molecule has 1 unspecified atom stereocenters. The van der Waals surface area contributed by atoms with E-state index >= 15 is 0 Å². The van der Waals surface area contributed by atoms with Gasteiger partial charge in [0.1, 0.15) is 6.04 Å². The van der Waals surface area contributed by atoms with Crippen molar-refractivity contribution in [2.75, 3.05) is 6.54 Å². The zero-order valence-corrected chi connectivity index (χ0v) is 16.8. The first-order valence-electron chi connectivity index (χ1n) is 9.49. The Bertz CT molecular complexity index is 1080. The predicted molar refractivity (Wildman–Crippen MR) is 107 cm³/mol. The number of nitrogens with one attached hydrogen (secondary N) is 2. The van der Waals surface area contributed by atoms with Crippen molar-refractivity contribution >= 4 is 11.8 Å². The summed E-state index contributed by atoms with van der Waals surface area (Å²) in [6.07, 6.45) is -4.54. The van der Waals surface area contributed by atoms with Gasteiger partial charge in [0.05, 0.1) is 11.3 Å². The first-order valence-corrected chi connectivity index (χ1v) is 9.49. The van der Waals surface area contributed by atoms with Crippen molar-refractivity contribution in [1.82, 2.24) is 25.4 Å². The number of nitrogens with zero attached hydrogens (tertiary/aromatic N) is 3. The molecule has 162 valence electrons. The number of likely N-dealkylation sites (N-methyl/N-ethyl adjacent to an activating group) is 1. The van der Waals surface area contributed by atoms with E-state index in [0.29, 0.717) is 12.1 Å². The summed E-state index contributed by atoms with van der Waals surface area (Å²) >= 11 is 0. The molecule has 10 heteroatoms. The Balaban J connectivity index is 2.02. The van der Waals surface area contributed by atoms with Crippen molar-refractivity contribution in [2.24, 2.45) is 0 Å². The molecule has 2 N–H and O–H groups in total. The maximum atomic E-state index is 13.2. The van der Waals surface area contributed by atoms with Gasteiger partial charge in [-0.2, -0.15) is 13.2 Å². The molecule has 0 saturated heterocycles. The molecule has 0 aliphatic heterocycles. The number of amides is 2. The van der Waals surface area contributed by atoms with Crippen molar-refractivity contribution in [3.8, 4) is 17.1 Å². The normalized spacial score (nSPS) is 12.3. The number of alkyl halides is 3. The molecule has 0 spiro atoms. The van der Waals surface area contributed by atoms with Crippen LogP contribution in [0, 0.1) is 0 Å². The zero-order valence-electron chi connectivity index (χ0n) is 16.8. The Labute approximate surface area is 176 Å². The Kier molecular flexibility index (Phi) is 6.38. The monoisotopic (exact) mass is 431 g/mol. The first kappa shape index (κ1) is 22.0. The van der Waals surface area contributed by atoms with Gasteiger partial charge in [-0.25, -0.2) is 9.67 Å². The summed E-state index contributed by atoms with van der Waals surface area (Å²) < 4.78 is 40.7. The largest absolute Gasteiger partial charge is 0.416 e. The molecule has 3 aromatic rings. The van der Waals surface area contributed by atoms with Gasteiger partial charge in [0, 0.05) is 12.1 Å². The molecule has 3 rings (SSSR count). The molecule has 0 fully saturated rings. The third-order valence-electron chi connectivity index (χ3n) is 4.35. The number of hydrogen-bond acceptors (Lipinski definition) is 4. The molecule has 0 bridgehead atoms. The van der Waals surface area contributed by atoms with Gasteiger partial charge in [-0.15, -0.1) is 5.10 Å². The van der Waals surface area contributed by atoms with E-state index in [1.807, 2.05) is 0 Å². The minimum atomic E-state index is -4.54. The molecule has 0 saturated carbocycles. The van der Waals surface area contributed by atoms with Crippen LogP contribution in [0.15, 0.2) is 54.6 Å². The standard InChI is InChI=1S/C21H20F3N5O2/c1-3-25-19(30)13(2)26-20(31)17-27-18(14-8-5-4-6-9-14)29(28-17)16-11-7-10-15(12-16)21(22,23)24/h4-13H,3H2,1-2H3,(H,25,30)(H,26,31). The van der Waals surface area contributed by atoms with Gasteiger partial charge < -0.3 is 10.6 Å². The van der Waals surface area contributed by atoms with Gasteiger partial charge in [-0.05, 0) is 32.0 Å². The summed E-state index contributed by atoms with van der Waals surface area (Å²) in [5.74, 6) is -1.18. The molecule has 31 heavy (non-hydrogen) atoms.